The summed E-state index contributed by atoms with van der Waals surface area (Å²) in [6, 6.07) is 13.5. The van der Waals surface area contributed by atoms with Crippen LogP contribution in [-0.2, 0) is 4.79 Å². The monoisotopic (exact) mass is 483 g/mol. The van der Waals surface area contributed by atoms with E-state index in [-0.39, 0.29) is 17.2 Å². The van der Waals surface area contributed by atoms with Crippen molar-refractivity contribution in [3.63, 3.8) is 0 Å². The van der Waals surface area contributed by atoms with Crippen molar-refractivity contribution >= 4 is 46.6 Å². The Morgan fingerprint density at radius 1 is 1.03 bits per heavy atom. The molecule has 2 heterocycles. The van der Waals surface area contributed by atoms with Gasteiger partial charge in [0.1, 0.15) is 0 Å². The molecule has 7 heteroatoms. The third-order valence-corrected chi connectivity index (χ3v) is 7.67. The zero-order valence-electron chi connectivity index (χ0n) is 17.4. The molecule has 5 rings (SSSR count). The first kappa shape index (κ1) is 21.8. The summed E-state index contributed by atoms with van der Waals surface area (Å²) in [6.07, 6.45) is 9.45. The minimum atomic E-state index is -0.163. The number of nitrogens with one attached hydrogen (secondary N) is 1. The van der Waals surface area contributed by atoms with Gasteiger partial charge in [0.2, 0.25) is 0 Å². The van der Waals surface area contributed by atoms with Crippen molar-refractivity contribution in [2.24, 2.45) is 4.99 Å². The smallest absolute Gasteiger partial charge is 0.265 e. The molecule has 0 radical (unpaired) electrons. The van der Waals surface area contributed by atoms with Crippen molar-refractivity contribution in [2.45, 2.75) is 35.4 Å². The second-order valence-electron chi connectivity index (χ2n) is 8.17. The van der Waals surface area contributed by atoms with E-state index in [1.165, 1.54) is 6.42 Å². The Bertz CT molecular complexity index is 1120. The Hall–Kier alpha value is -2.05. The first-order valence-electron chi connectivity index (χ1n) is 10.8. The molecule has 4 nitrogen and oxygen atoms in total. The second kappa shape index (κ2) is 9.44. The highest BCUT2D eigenvalue weighted by molar-refractivity contribution is 8.00. The van der Waals surface area contributed by atoms with Crippen LogP contribution >= 0.6 is 35.0 Å². The van der Waals surface area contributed by atoms with E-state index in [0.717, 1.165) is 47.7 Å². The van der Waals surface area contributed by atoms with E-state index in [1.807, 2.05) is 59.6 Å². The van der Waals surface area contributed by atoms with Crippen LogP contribution in [0.4, 0.5) is 0 Å². The van der Waals surface area contributed by atoms with Gasteiger partial charge in [-0.3, -0.25) is 15.2 Å². The largest absolute Gasteiger partial charge is 0.285 e. The number of carbonyl (C=O) groups is 1. The Labute approximate surface area is 202 Å². The maximum Gasteiger partial charge on any atom is 0.265 e. The highest BCUT2D eigenvalue weighted by Gasteiger charge is 2.30. The fraction of sp³-hybridized carbons (Fsp3) is 0.280. The van der Waals surface area contributed by atoms with E-state index in [4.69, 9.17) is 28.2 Å². The van der Waals surface area contributed by atoms with E-state index in [9.17, 15) is 4.79 Å². The summed E-state index contributed by atoms with van der Waals surface area (Å²) in [5, 5.41) is 3.49. The molecule has 2 aromatic carbocycles. The van der Waals surface area contributed by atoms with Crippen LogP contribution < -0.4 is 5.43 Å². The summed E-state index contributed by atoms with van der Waals surface area (Å²) in [5.74, 6) is -0.0698. The zero-order chi connectivity index (χ0) is 22.1. The number of thioether (sulfide) groups is 1. The maximum atomic E-state index is 12.9. The number of piperidine rings is 1. The molecule has 2 aliphatic heterocycles. The zero-order valence-corrected chi connectivity index (χ0v) is 19.8. The maximum absolute atomic E-state index is 12.9. The number of aliphatic imine (C=N–C) groups is 1. The van der Waals surface area contributed by atoms with Gasteiger partial charge in [-0.05, 0) is 43.2 Å². The standard InChI is InChI=1S/C25H23Cl2N3OS/c26-18-7-4-16(5-8-18)24-20-10-9-19(27)15-23(20)32-22-11-6-17(14-21(22)28-24)25(31)29-30-12-2-1-3-13-30/h4-11,14-15,21-22H,1-3,12-13H2,(H,29,31). The quantitative estimate of drug-likeness (QED) is 0.609. The predicted octanol–water partition coefficient (Wildman–Crippen LogP) is 5.69. The van der Waals surface area contributed by atoms with Gasteiger partial charge in [0, 0.05) is 44.7 Å². The van der Waals surface area contributed by atoms with Crippen LogP contribution in [0.2, 0.25) is 10.0 Å². The highest BCUT2D eigenvalue weighted by atomic mass is 35.5. The molecule has 1 N–H and O–H groups in total. The third-order valence-electron chi connectivity index (χ3n) is 5.89. The summed E-state index contributed by atoms with van der Waals surface area (Å²) in [5.41, 5.74) is 6.63. The minimum Gasteiger partial charge on any atom is -0.285 e. The van der Waals surface area contributed by atoms with E-state index < -0.39 is 0 Å². The van der Waals surface area contributed by atoms with E-state index >= 15 is 0 Å². The normalized spacial score (nSPS) is 22.8. The Morgan fingerprint density at radius 3 is 2.56 bits per heavy atom. The average Bonchev–Trinajstić information content (AvgIpc) is 2.96. The number of nitrogens with zero attached hydrogens (tertiary/aromatic N) is 2. The third kappa shape index (κ3) is 4.67. The average molecular weight is 484 g/mol. The number of amides is 1. The van der Waals surface area contributed by atoms with E-state index in [1.54, 1.807) is 11.8 Å². The van der Waals surface area contributed by atoms with Crippen molar-refractivity contribution in [3.05, 3.63) is 87.4 Å². The van der Waals surface area contributed by atoms with Gasteiger partial charge in [-0.15, -0.1) is 11.8 Å². The van der Waals surface area contributed by atoms with Crippen molar-refractivity contribution in [1.29, 1.82) is 0 Å². The lowest BCUT2D eigenvalue weighted by atomic mass is 9.99. The van der Waals surface area contributed by atoms with Crippen molar-refractivity contribution in [3.8, 4) is 0 Å². The molecule has 3 aliphatic rings. The summed E-state index contributed by atoms with van der Waals surface area (Å²) >= 11 is 14.2. The van der Waals surface area contributed by atoms with Crippen LogP contribution in [0.3, 0.4) is 0 Å². The Morgan fingerprint density at radius 2 is 1.78 bits per heavy atom. The SMILES string of the molecule is O=C(NN1CCCCC1)C1=CC2N=C(c3ccc(Cl)cc3)c3ccc(Cl)cc3SC2C=C1. The lowest BCUT2D eigenvalue weighted by Gasteiger charge is -2.28. The number of fused-ring (bicyclic) bond motifs is 2. The molecule has 164 valence electrons. The predicted molar refractivity (Wildman–Crippen MR) is 133 cm³/mol. The summed E-state index contributed by atoms with van der Waals surface area (Å²) < 4.78 is 0. The summed E-state index contributed by atoms with van der Waals surface area (Å²) in [7, 11) is 0. The minimum absolute atomic E-state index is 0.0698. The van der Waals surface area contributed by atoms with Gasteiger partial charge in [-0.1, -0.05) is 60.0 Å². The van der Waals surface area contributed by atoms with Crippen molar-refractivity contribution in [1.82, 2.24) is 10.4 Å². The second-order valence-corrected chi connectivity index (χ2v) is 10.3. The first-order chi connectivity index (χ1) is 15.6. The molecule has 2 aromatic rings. The molecule has 0 spiro atoms. The molecule has 2 unspecified atom stereocenters. The molecular weight excluding hydrogens is 461 g/mol. The first-order valence-corrected chi connectivity index (χ1v) is 12.5. The highest BCUT2D eigenvalue weighted by Crippen LogP contribution is 2.39. The molecule has 32 heavy (non-hydrogen) atoms. The van der Waals surface area contributed by atoms with Gasteiger partial charge in [0.05, 0.1) is 17.0 Å². The molecule has 0 aromatic heterocycles. The summed E-state index contributed by atoms with van der Waals surface area (Å²) in [6.45, 7) is 1.80. The fourth-order valence-electron chi connectivity index (χ4n) is 4.22. The number of hydrazine groups is 1. The lowest BCUT2D eigenvalue weighted by molar-refractivity contribution is -0.122. The number of benzene rings is 2. The van der Waals surface area contributed by atoms with Crippen LogP contribution in [0, 0.1) is 0 Å². The Kier molecular flexibility index (Phi) is 6.42. The van der Waals surface area contributed by atoms with Gasteiger partial charge in [-0.25, -0.2) is 5.01 Å². The van der Waals surface area contributed by atoms with Gasteiger partial charge >= 0.3 is 0 Å². The van der Waals surface area contributed by atoms with Crippen LogP contribution in [0.25, 0.3) is 0 Å². The molecule has 0 bridgehead atoms. The van der Waals surface area contributed by atoms with Gasteiger partial charge in [0.25, 0.3) is 5.91 Å². The number of rotatable bonds is 3. The van der Waals surface area contributed by atoms with Crippen LogP contribution in [0.5, 0.6) is 0 Å². The van der Waals surface area contributed by atoms with Gasteiger partial charge in [0.15, 0.2) is 0 Å². The van der Waals surface area contributed by atoms with Gasteiger partial charge in [-0.2, -0.15) is 0 Å². The van der Waals surface area contributed by atoms with Crippen molar-refractivity contribution in [2.75, 3.05) is 13.1 Å². The van der Waals surface area contributed by atoms with E-state index in [2.05, 4.69) is 11.5 Å². The molecule has 0 saturated carbocycles. The molecule has 1 fully saturated rings. The van der Waals surface area contributed by atoms with Crippen LogP contribution in [0.15, 0.2) is 76.2 Å². The Balaban J connectivity index is 1.49. The molecule has 1 saturated heterocycles. The van der Waals surface area contributed by atoms with Crippen LogP contribution in [0.1, 0.15) is 30.4 Å². The van der Waals surface area contributed by atoms with Gasteiger partial charge < -0.3 is 0 Å². The van der Waals surface area contributed by atoms with E-state index in [0.29, 0.717) is 15.6 Å². The fourth-order valence-corrected chi connectivity index (χ4v) is 5.80. The van der Waals surface area contributed by atoms with Crippen LogP contribution in [-0.4, -0.2) is 41.0 Å². The van der Waals surface area contributed by atoms with Crippen molar-refractivity contribution < 1.29 is 4.79 Å². The topological polar surface area (TPSA) is 44.7 Å². The number of hydrogen-bond acceptors (Lipinski definition) is 4. The molecular formula is C25H23Cl2N3OS. The molecule has 2 atom stereocenters. The molecule has 1 aliphatic carbocycles. The molecule has 1 amide bonds. The number of carbonyl (C=O) groups excluding carboxylic acids is 1. The number of hydrogen-bond donors (Lipinski definition) is 1. The lowest BCUT2D eigenvalue weighted by Crippen LogP contribution is -2.45. The summed E-state index contributed by atoms with van der Waals surface area (Å²) in [4.78, 5) is 19.1. The number of halogens is 2.